The summed E-state index contributed by atoms with van der Waals surface area (Å²) in [5.74, 6) is 0.856. The van der Waals surface area contributed by atoms with Gasteiger partial charge in [0.05, 0.1) is 0 Å². The van der Waals surface area contributed by atoms with Gasteiger partial charge in [-0.2, -0.15) is 0 Å². The molecule has 2 N–H and O–H groups in total. The van der Waals surface area contributed by atoms with Gasteiger partial charge in [-0.05, 0) is 24.6 Å². The summed E-state index contributed by atoms with van der Waals surface area (Å²) in [5.41, 5.74) is 1.16. The maximum atomic E-state index is 6.18. The monoisotopic (exact) mass is 479 g/mol. The Morgan fingerprint density at radius 3 is 2.36 bits per heavy atom. The van der Waals surface area contributed by atoms with E-state index in [2.05, 4.69) is 38.4 Å². The molecule has 0 radical (unpaired) electrons. The van der Waals surface area contributed by atoms with E-state index in [0.717, 1.165) is 62.2 Å². The molecule has 1 aromatic rings. The van der Waals surface area contributed by atoms with Crippen LogP contribution in [0.2, 0.25) is 5.02 Å². The van der Waals surface area contributed by atoms with E-state index in [1.54, 1.807) is 0 Å². The van der Waals surface area contributed by atoms with Crippen molar-refractivity contribution in [1.82, 2.24) is 20.4 Å². The first-order valence-electron chi connectivity index (χ1n) is 8.85. The van der Waals surface area contributed by atoms with E-state index in [1.165, 1.54) is 13.1 Å². The molecule has 142 valence electrons. The van der Waals surface area contributed by atoms with Crippen molar-refractivity contribution >= 4 is 41.5 Å². The van der Waals surface area contributed by atoms with Crippen LogP contribution in [0.3, 0.4) is 0 Å². The van der Waals surface area contributed by atoms with Crippen molar-refractivity contribution in [3.8, 4) is 0 Å². The summed E-state index contributed by atoms with van der Waals surface area (Å²) in [6.45, 7) is 10.9. The van der Waals surface area contributed by atoms with Crippen LogP contribution in [0.5, 0.6) is 0 Å². The van der Waals surface area contributed by atoms with Gasteiger partial charge in [-0.25, -0.2) is 0 Å². The summed E-state index contributed by atoms with van der Waals surface area (Å²) in [7, 11) is 1.81. The van der Waals surface area contributed by atoms with Crippen molar-refractivity contribution in [1.29, 1.82) is 0 Å². The standard InChI is InChI=1S/C18H30ClN5.HI/c1-3-23-12-14-24(15-13-23)11-10-22-18(20-2)21-9-8-16-6-4-5-7-17(16)19;/h4-7H,3,8-15H2,1-2H3,(H2,20,21,22);1H. The van der Waals surface area contributed by atoms with Crippen LogP contribution in [0.15, 0.2) is 29.3 Å². The van der Waals surface area contributed by atoms with Gasteiger partial charge >= 0.3 is 0 Å². The maximum absolute atomic E-state index is 6.18. The van der Waals surface area contributed by atoms with Crippen LogP contribution in [0.4, 0.5) is 0 Å². The van der Waals surface area contributed by atoms with Gasteiger partial charge in [-0.1, -0.05) is 36.7 Å². The summed E-state index contributed by atoms with van der Waals surface area (Å²) < 4.78 is 0. The fourth-order valence-corrected chi connectivity index (χ4v) is 3.13. The molecule has 1 saturated heterocycles. The molecule has 0 amide bonds. The molecule has 1 aliphatic heterocycles. The van der Waals surface area contributed by atoms with Crippen LogP contribution < -0.4 is 10.6 Å². The van der Waals surface area contributed by atoms with Crippen LogP contribution in [-0.4, -0.2) is 75.2 Å². The van der Waals surface area contributed by atoms with Gasteiger partial charge in [0.1, 0.15) is 0 Å². The van der Waals surface area contributed by atoms with Crippen LogP contribution >= 0.6 is 35.6 Å². The van der Waals surface area contributed by atoms with Gasteiger partial charge in [0.2, 0.25) is 0 Å². The van der Waals surface area contributed by atoms with E-state index >= 15 is 0 Å². The third kappa shape index (κ3) is 8.11. The second-order valence-electron chi connectivity index (χ2n) is 6.04. The average Bonchev–Trinajstić information content (AvgIpc) is 2.62. The molecule has 0 spiro atoms. The number of benzene rings is 1. The zero-order valence-electron chi connectivity index (χ0n) is 15.3. The van der Waals surface area contributed by atoms with E-state index < -0.39 is 0 Å². The fourth-order valence-electron chi connectivity index (χ4n) is 2.90. The maximum Gasteiger partial charge on any atom is 0.191 e. The molecule has 2 rings (SSSR count). The summed E-state index contributed by atoms with van der Waals surface area (Å²) in [6, 6.07) is 7.98. The van der Waals surface area contributed by atoms with Gasteiger partial charge in [-0.3, -0.25) is 9.89 Å². The van der Waals surface area contributed by atoms with Crippen molar-refractivity contribution in [3.05, 3.63) is 34.9 Å². The van der Waals surface area contributed by atoms with Crippen molar-refractivity contribution in [2.75, 3.05) is 59.4 Å². The molecule has 1 aliphatic rings. The first kappa shape index (κ1) is 22.5. The predicted molar refractivity (Wildman–Crippen MR) is 118 cm³/mol. The lowest BCUT2D eigenvalue weighted by Crippen LogP contribution is -2.49. The number of hydrogen-bond donors (Lipinski definition) is 2. The lowest BCUT2D eigenvalue weighted by Gasteiger charge is -2.34. The van der Waals surface area contributed by atoms with Crippen LogP contribution in [0.25, 0.3) is 0 Å². The van der Waals surface area contributed by atoms with E-state index in [1.807, 2.05) is 25.2 Å². The predicted octanol–water partition coefficient (Wildman–Crippen LogP) is 2.30. The van der Waals surface area contributed by atoms with Crippen molar-refractivity contribution in [2.45, 2.75) is 13.3 Å². The molecule has 0 bridgehead atoms. The summed E-state index contributed by atoms with van der Waals surface area (Å²) in [5, 5.41) is 7.57. The Hall–Kier alpha value is -0.570. The SMILES string of the molecule is CCN1CCN(CCNC(=NC)NCCc2ccccc2Cl)CC1.I. The largest absolute Gasteiger partial charge is 0.356 e. The lowest BCUT2D eigenvalue weighted by molar-refractivity contribution is 0.139. The number of guanidine groups is 1. The zero-order valence-corrected chi connectivity index (χ0v) is 18.4. The fraction of sp³-hybridized carbons (Fsp3) is 0.611. The van der Waals surface area contributed by atoms with Crippen LogP contribution in [-0.2, 0) is 6.42 Å². The average molecular weight is 480 g/mol. The highest BCUT2D eigenvalue weighted by Crippen LogP contribution is 2.14. The Bertz CT molecular complexity index is 518. The normalized spacial score (nSPS) is 16.4. The highest BCUT2D eigenvalue weighted by molar-refractivity contribution is 14.0. The molecular formula is C18H31ClIN5. The Labute approximate surface area is 174 Å². The minimum atomic E-state index is 0. The van der Waals surface area contributed by atoms with Gasteiger partial charge in [0, 0.05) is 57.9 Å². The number of hydrogen-bond acceptors (Lipinski definition) is 3. The minimum Gasteiger partial charge on any atom is -0.356 e. The Morgan fingerprint density at radius 1 is 1.08 bits per heavy atom. The molecule has 1 aromatic carbocycles. The molecule has 5 nitrogen and oxygen atoms in total. The molecule has 7 heteroatoms. The van der Waals surface area contributed by atoms with Crippen LogP contribution in [0, 0.1) is 0 Å². The number of nitrogens with one attached hydrogen (secondary N) is 2. The molecule has 1 heterocycles. The lowest BCUT2D eigenvalue weighted by atomic mass is 10.1. The van der Waals surface area contributed by atoms with Crippen molar-refractivity contribution in [2.24, 2.45) is 4.99 Å². The van der Waals surface area contributed by atoms with E-state index in [4.69, 9.17) is 11.6 Å². The van der Waals surface area contributed by atoms with Gasteiger partial charge in [0.25, 0.3) is 0 Å². The summed E-state index contributed by atoms with van der Waals surface area (Å²) in [4.78, 5) is 9.29. The second kappa shape index (κ2) is 12.7. The Kier molecular flexibility index (Phi) is 11.4. The molecule has 0 aromatic heterocycles. The molecule has 0 saturated carbocycles. The molecule has 0 aliphatic carbocycles. The van der Waals surface area contributed by atoms with E-state index in [-0.39, 0.29) is 24.0 Å². The number of likely N-dealkylation sites (N-methyl/N-ethyl adjacent to an activating group) is 1. The summed E-state index contributed by atoms with van der Waals surface area (Å²) in [6.07, 6.45) is 0.888. The van der Waals surface area contributed by atoms with Gasteiger partial charge in [-0.15, -0.1) is 24.0 Å². The molecule has 0 unspecified atom stereocenters. The third-order valence-electron chi connectivity index (χ3n) is 4.50. The third-order valence-corrected chi connectivity index (χ3v) is 4.87. The van der Waals surface area contributed by atoms with Crippen molar-refractivity contribution < 1.29 is 0 Å². The first-order valence-corrected chi connectivity index (χ1v) is 9.23. The Balaban J connectivity index is 0.00000312. The second-order valence-corrected chi connectivity index (χ2v) is 6.45. The number of rotatable bonds is 7. The number of piperazine rings is 1. The number of aliphatic imine (C=N–C) groups is 1. The van der Waals surface area contributed by atoms with Gasteiger partial charge in [0.15, 0.2) is 5.96 Å². The van der Waals surface area contributed by atoms with E-state index in [0.29, 0.717) is 0 Å². The zero-order chi connectivity index (χ0) is 17.2. The topological polar surface area (TPSA) is 42.9 Å². The number of nitrogens with zero attached hydrogens (tertiary/aromatic N) is 3. The highest BCUT2D eigenvalue weighted by atomic mass is 127. The first-order chi connectivity index (χ1) is 11.7. The minimum absolute atomic E-state index is 0. The number of halogens is 2. The smallest absolute Gasteiger partial charge is 0.191 e. The quantitative estimate of drug-likeness (QED) is 0.358. The molecule has 25 heavy (non-hydrogen) atoms. The highest BCUT2D eigenvalue weighted by Gasteiger charge is 2.14. The van der Waals surface area contributed by atoms with E-state index in [9.17, 15) is 0 Å². The Morgan fingerprint density at radius 2 is 1.72 bits per heavy atom. The van der Waals surface area contributed by atoms with Crippen molar-refractivity contribution in [3.63, 3.8) is 0 Å². The van der Waals surface area contributed by atoms with Gasteiger partial charge < -0.3 is 15.5 Å². The molecule has 0 atom stereocenters. The van der Waals surface area contributed by atoms with Crippen LogP contribution in [0.1, 0.15) is 12.5 Å². The summed E-state index contributed by atoms with van der Waals surface area (Å²) >= 11 is 6.18. The molecular weight excluding hydrogens is 449 g/mol. The molecule has 1 fully saturated rings.